The van der Waals surface area contributed by atoms with Gasteiger partial charge in [-0.15, -0.1) is 0 Å². The summed E-state index contributed by atoms with van der Waals surface area (Å²) in [6.45, 7) is 7.82. The summed E-state index contributed by atoms with van der Waals surface area (Å²) < 4.78 is 17.2. The molecule has 2 amide bonds. The van der Waals surface area contributed by atoms with Gasteiger partial charge in [-0.1, -0.05) is 48.9 Å². The lowest BCUT2D eigenvalue weighted by molar-refractivity contribution is -0.166. The van der Waals surface area contributed by atoms with Crippen LogP contribution in [0.15, 0.2) is 54.6 Å². The highest BCUT2D eigenvalue weighted by atomic mass is 16.6. The molecule has 2 aromatic rings. The molecule has 0 radical (unpaired) electrons. The molecular weight excluding hydrogens is 520 g/mol. The Morgan fingerprint density at radius 2 is 1.66 bits per heavy atom. The van der Waals surface area contributed by atoms with Crippen molar-refractivity contribution >= 4 is 17.8 Å². The van der Waals surface area contributed by atoms with Gasteiger partial charge in [-0.3, -0.25) is 14.4 Å². The minimum Gasteiger partial charge on any atom is -0.497 e. The van der Waals surface area contributed by atoms with Crippen LogP contribution in [0, 0.1) is 17.8 Å². The number of carbonyl (C=O) groups excluding carboxylic acids is 3. The number of rotatable bonds is 13. The van der Waals surface area contributed by atoms with Crippen LogP contribution in [0.1, 0.15) is 70.4 Å². The van der Waals surface area contributed by atoms with Crippen molar-refractivity contribution in [3.05, 3.63) is 65.7 Å². The lowest BCUT2D eigenvalue weighted by Crippen LogP contribution is -2.50. The fraction of sp³-hybridized carbons (Fsp3) is 0.545. The summed E-state index contributed by atoms with van der Waals surface area (Å²) in [4.78, 5) is 40.1. The lowest BCUT2D eigenvalue weighted by atomic mass is 9.72. The highest BCUT2D eigenvalue weighted by molar-refractivity contribution is 5.90. The van der Waals surface area contributed by atoms with Crippen molar-refractivity contribution in [2.24, 2.45) is 17.8 Å². The van der Waals surface area contributed by atoms with Crippen LogP contribution in [-0.4, -0.2) is 50.2 Å². The van der Waals surface area contributed by atoms with Gasteiger partial charge in [0.25, 0.3) is 0 Å². The standard InChI is InChI=1S/C33H46N2O6/c1-22(30(36)34-5)35-31(37)29(27-14-10-13-26(27)24-15-17-25(39-6)18-16-24)28(32(38)41-33(2,3)4)19-20-40-21-23-11-8-7-9-12-23/h7-9,11-12,15-18,22,26-29H,10,13-14,19-21H2,1-6H3,(H,34,36)(H,35,37). The third kappa shape index (κ3) is 9.32. The van der Waals surface area contributed by atoms with E-state index >= 15 is 0 Å². The van der Waals surface area contributed by atoms with E-state index in [0.717, 1.165) is 36.1 Å². The van der Waals surface area contributed by atoms with Gasteiger partial charge in [0.1, 0.15) is 17.4 Å². The Morgan fingerprint density at radius 3 is 2.27 bits per heavy atom. The molecule has 41 heavy (non-hydrogen) atoms. The number of ether oxygens (including phenoxy) is 3. The first-order chi connectivity index (χ1) is 19.5. The number of likely N-dealkylation sites (N-methyl/N-ethyl adjacent to an activating group) is 1. The van der Waals surface area contributed by atoms with Crippen molar-refractivity contribution in [3.63, 3.8) is 0 Å². The minimum absolute atomic E-state index is 0.0714. The first kappa shape index (κ1) is 32.1. The fourth-order valence-corrected chi connectivity index (χ4v) is 5.75. The molecule has 1 aliphatic rings. The third-order valence-corrected chi connectivity index (χ3v) is 7.70. The Labute approximate surface area is 244 Å². The second-order valence-electron chi connectivity index (χ2n) is 11.8. The van der Waals surface area contributed by atoms with Gasteiger partial charge in [0.15, 0.2) is 0 Å². The first-order valence-electron chi connectivity index (χ1n) is 14.5. The van der Waals surface area contributed by atoms with Crippen molar-refractivity contribution in [2.75, 3.05) is 20.8 Å². The van der Waals surface area contributed by atoms with E-state index in [1.807, 2.05) is 75.4 Å². The smallest absolute Gasteiger partial charge is 0.310 e. The van der Waals surface area contributed by atoms with Gasteiger partial charge in [0.05, 0.1) is 25.6 Å². The van der Waals surface area contributed by atoms with Crippen LogP contribution in [0.3, 0.4) is 0 Å². The highest BCUT2D eigenvalue weighted by Crippen LogP contribution is 2.47. The van der Waals surface area contributed by atoms with Crippen molar-refractivity contribution in [1.82, 2.24) is 10.6 Å². The molecule has 0 saturated heterocycles. The number of amides is 2. The second kappa shape index (κ2) is 15.0. The van der Waals surface area contributed by atoms with Gasteiger partial charge in [-0.2, -0.15) is 0 Å². The number of nitrogens with one attached hydrogen (secondary N) is 2. The number of benzene rings is 2. The summed E-state index contributed by atoms with van der Waals surface area (Å²) in [6, 6.07) is 17.0. The second-order valence-corrected chi connectivity index (χ2v) is 11.8. The molecule has 0 aromatic heterocycles. The van der Waals surface area contributed by atoms with Crippen molar-refractivity contribution < 1.29 is 28.6 Å². The molecule has 5 unspecified atom stereocenters. The van der Waals surface area contributed by atoms with Crippen LogP contribution in [-0.2, 0) is 30.5 Å². The van der Waals surface area contributed by atoms with E-state index in [2.05, 4.69) is 10.6 Å². The van der Waals surface area contributed by atoms with Gasteiger partial charge < -0.3 is 24.8 Å². The number of esters is 1. The highest BCUT2D eigenvalue weighted by Gasteiger charge is 2.46. The van der Waals surface area contributed by atoms with Crippen LogP contribution < -0.4 is 15.4 Å². The zero-order chi connectivity index (χ0) is 30.0. The van der Waals surface area contributed by atoms with E-state index < -0.39 is 29.4 Å². The zero-order valence-corrected chi connectivity index (χ0v) is 25.3. The molecular formula is C33H46N2O6. The normalized spacial score (nSPS) is 19.1. The SMILES string of the molecule is CNC(=O)C(C)NC(=O)C(C(CCOCc1ccccc1)C(=O)OC(C)(C)C)C1CCCC1c1ccc(OC)cc1. The van der Waals surface area contributed by atoms with Crippen molar-refractivity contribution in [2.45, 2.75) is 77.5 Å². The Balaban J connectivity index is 1.93. The van der Waals surface area contributed by atoms with Crippen molar-refractivity contribution in [1.29, 1.82) is 0 Å². The summed E-state index contributed by atoms with van der Waals surface area (Å²) >= 11 is 0. The van der Waals surface area contributed by atoms with Crippen LogP contribution in [0.4, 0.5) is 0 Å². The molecule has 5 atom stereocenters. The molecule has 0 aliphatic heterocycles. The first-order valence-corrected chi connectivity index (χ1v) is 14.5. The van der Waals surface area contributed by atoms with Crippen molar-refractivity contribution in [3.8, 4) is 5.75 Å². The molecule has 0 heterocycles. The molecule has 0 spiro atoms. The van der Waals surface area contributed by atoms with E-state index in [1.54, 1.807) is 14.0 Å². The number of carbonyl (C=O) groups is 3. The van der Waals surface area contributed by atoms with Crippen LogP contribution in [0.2, 0.25) is 0 Å². The summed E-state index contributed by atoms with van der Waals surface area (Å²) in [6.07, 6.45) is 2.94. The Morgan fingerprint density at radius 1 is 0.976 bits per heavy atom. The van der Waals surface area contributed by atoms with Crippen LogP contribution in [0.25, 0.3) is 0 Å². The molecule has 1 fully saturated rings. The molecule has 1 aliphatic carbocycles. The maximum atomic E-state index is 14.0. The largest absolute Gasteiger partial charge is 0.497 e. The Bertz CT molecular complexity index is 1130. The monoisotopic (exact) mass is 566 g/mol. The van der Waals surface area contributed by atoms with E-state index in [4.69, 9.17) is 14.2 Å². The molecule has 8 nitrogen and oxygen atoms in total. The quantitative estimate of drug-likeness (QED) is 0.261. The van der Waals surface area contributed by atoms with Gasteiger partial charge in [0.2, 0.25) is 11.8 Å². The van der Waals surface area contributed by atoms with E-state index in [9.17, 15) is 14.4 Å². The fourth-order valence-electron chi connectivity index (χ4n) is 5.75. The molecule has 3 rings (SSSR count). The topological polar surface area (TPSA) is 103 Å². The molecule has 2 aromatic carbocycles. The molecule has 0 bridgehead atoms. The predicted molar refractivity (Wildman–Crippen MR) is 158 cm³/mol. The van der Waals surface area contributed by atoms with E-state index in [1.165, 1.54) is 7.05 Å². The molecule has 1 saturated carbocycles. The molecule has 8 heteroatoms. The van der Waals surface area contributed by atoms with E-state index in [0.29, 0.717) is 13.0 Å². The average Bonchev–Trinajstić information content (AvgIpc) is 3.43. The number of hydrogen-bond donors (Lipinski definition) is 2. The maximum absolute atomic E-state index is 14.0. The van der Waals surface area contributed by atoms with Crippen LogP contribution in [0.5, 0.6) is 5.75 Å². The third-order valence-electron chi connectivity index (χ3n) is 7.70. The Kier molecular flexibility index (Phi) is 11.8. The van der Waals surface area contributed by atoms with Gasteiger partial charge in [0, 0.05) is 13.7 Å². The molecule has 224 valence electrons. The van der Waals surface area contributed by atoms with Gasteiger partial charge in [-0.25, -0.2) is 0 Å². The average molecular weight is 567 g/mol. The molecule has 2 N–H and O–H groups in total. The maximum Gasteiger partial charge on any atom is 0.310 e. The zero-order valence-electron chi connectivity index (χ0n) is 25.3. The predicted octanol–water partition coefficient (Wildman–Crippen LogP) is 5.01. The van der Waals surface area contributed by atoms with E-state index in [-0.39, 0.29) is 30.3 Å². The van der Waals surface area contributed by atoms with Crippen LogP contribution >= 0.6 is 0 Å². The minimum atomic E-state index is -0.746. The summed E-state index contributed by atoms with van der Waals surface area (Å²) in [5, 5.41) is 5.48. The summed E-state index contributed by atoms with van der Waals surface area (Å²) in [5.74, 6) is -1.76. The number of hydrogen-bond acceptors (Lipinski definition) is 6. The van der Waals surface area contributed by atoms with Gasteiger partial charge >= 0.3 is 5.97 Å². The van der Waals surface area contributed by atoms with Gasteiger partial charge in [-0.05, 0) is 82.1 Å². The lowest BCUT2D eigenvalue weighted by Gasteiger charge is -2.35. The summed E-state index contributed by atoms with van der Waals surface area (Å²) in [7, 11) is 3.17. The number of methoxy groups -OCH3 is 1. The Hall–Kier alpha value is -3.39. The summed E-state index contributed by atoms with van der Waals surface area (Å²) in [5.41, 5.74) is 1.42.